The molecule has 0 radical (unpaired) electrons. The highest BCUT2D eigenvalue weighted by Gasteiger charge is 2.08. The maximum Gasteiger partial charge on any atom is -0.0112 e. The fourth-order valence-corrected chi connectivity index (χ4v) is 2.76. The van der Waals surface area contributed by atoms with Gasteiger partial charge < -0.3 is 0 Å². The van der Waals surface area contributed by atoms with Crippen LogP contribution in [0, 0.1) is 0 Å². The number of hydrogen-bond acceptors (Lipinski definition) is 0. The van der Waals surface area contributed by atoms with Crippen LogP contribution >= 0.6 is 0 Å². The highest BCUT2D eigenvalue weighted by atomic mass is 14.1. The molecule has 0 aliphatic heterocycles. The third-order valence-electron chi connectivity index (χ3n) is 4.03. The Morgan fingerprint density at radius 2 is 1.17 bits per heavy atom. The van der Waals surface area contributed by atoms with Gasteiger partial charge in [0.2, 0.25) is 0 Å². The SMILES string of the molecule is C=C/C=C(\C(=C)c1ccc(-c2ccccc2)cc1)c1ccccc1. The Balaban J connectivity index is 1.92. The summed E-state index contributed by atoms with van der Waals surface area (Å²) >= 11 is 0. The normalized spacial score (nSPS) is 11.1. The molecule has 0 spiro atoms. The molecule has 0 saturated carbocycles. The second-order valence-corrected chi connectivity index (χ2v) is 5.60. The van der Waals surface area contributed by atoms with Crippen LogP contribution in [0.1, 0.15) is 11.1 Å². The second-order valence-electron chi connectivity index (χ2n) is 5.60. The number of rotatable bonds is 5. The van der Waals surface area contributed by atoms with Gasteiger partial charge in [-0.05, 0) is 33.4 Å². The number of allylic oxidation sites excluding steroid dienone is 4. The summed E-state index contributed by atoms with van der Waals surface area (Å²) in [6.07, 6.45) is 3.83. The lowest BCUT2D eigenvalue weighted by Crippen LogP contribution is -1.89. The third kappa shape index (κ3) is 3.44. The molecule has 0 nitrogen and oxygen atoms in total. The van der Waals surface area contributed by atoms with Crippen LogP contribution in [-0.4, -0.2) is 0 Å². The van der Waals surface area contributed by atoms with Crippen LogP contribution in [0.4, 0.5) is 0 Å². The van der Waals surface area contributed by atoms with Crippen molar-refractivity contribution < 1.29 is 0 Å². The predicted octanol–water partition coefficient (Wildman–Crippen LogP) is 6.64. The van der Waals surface area contributed by atoms with E-state index in [4.69, 9.17) is 0 Å². The van der Waals surface area contributed by atoms with Gasteiger partial charge in [0.25, 0.3) is 0 Å². The van der Waals surface area contributed by atoms with Crippen molar-refractivity contribution in [2.24, 2.45) is 0 Å². The summed E-state index contributed by atoms with van der Waals surface area (Å²) in [6, 6.07) is 29.2. The Bertz CT molecular complexity index is 851. The maximum absolute atomic E-state index is 4.31. The van der Waals surface area contributed by atoms with Crippen molar-refractivity contribution in [2.75, 3.05) is 0 Å². The van der Waals surface area contributed by atoms with E-state index in [1.807, 2.05) is 36.4 Å². The standard InChI is InChI=1S/C24H20/c1-3-10-24(23-13-8-5-9-14-23)19(2)20-15-17-22(18-16-20)21-11-6-4-7-12-21/h3-18H,1-2H2/b24-10+. The van der Waals surface area contributed by atoms with Crippen molar-refractivity contribution in [1.29, 1.82) is 0 Å². The minimum Gasteiger partial charge on any atom is -0.0990 e. The molecule has 3 aromatic rings. The van der Waals surface area contributed by atoms with Gasteiger partial charge in [0.15, 0.2) is 0 Å². The van der Waals surface area contributed by atoms with Gasteiger partial charge in [-0.2, -0.15) is 0 Å². The van der Waals surface area contributed by atoms with Crippen molar-refractivity contribution in [3.8, 4) is 11.1 Å². The summed E-state index contributed by atoms with van der Waals surface area (Å²) in [5, 5.41) is 0. The molecule has 0 heteroatoms. The highest BCUT2D eigenvalue weighted by Crippen LogP contribution is 2.31. The molecule has 0 N–H and O–H groups in total. The predicted molar refractivity (Wildman–Crippen MR) is 106 cm³/mol. The minimum absolute atomic E-state index is 1.00. The number of benzene rings is 3. The molecule has 3 rings (SSSR count). The van der Waals surface area contributed by atoms with E-state index in [0.29, 0.717) is 0 Å². The molecule has 0 fully saturated rings. The molecule has 0 aliphatic carbocycles. The molecule has 0 saturated heterocycles. The second kappa shape index (κ2) is 7.43. The van der Waals surface area contributed by atoms with Crippen molar-refractivity contribution in [2.45, 2.75) is 0 Å². The van der Waals surface area contributed by atoms with Crippen molar-refractivity contribution >= 4 is 11.1 Å². The van der Waals surface area contributed by atoms with Gasteiger partial charge in [0.05, 0.1) is 0 Å². The van der Waals surface area contributed by atoms with Gasteiger partial charge in [0, 0.05) is 0 Å². The first-order chi connectivity index (χ1) is 11.8. The fraction of sp³-hybridized carbons (Fsp3) is 0. The molecular weight excluding hydrogens is 288 g/mol. The van der Waals surface area contributed by atoms with Crippen LogP contribution in [0.5, 0.6) is 0 Å². The van der Waals surface area contributed by atoms with Crippen molar-refractivity contribution in [3.63, 3.8) is 0 Å². The zero-order valence-corrected chi connectivity index (χ0v) is 13.7. The van der Waals surface area contributed by atoms with Crippen LogP contribution in [0.15, 0.2) is 110 Å². The zero-order chi connectivity index (χ0) is 16.8. The van der Waals surface area contributed by atoms with Crippen LogP contribution in [0.3, 0.4) is 0 Å². The topological polar surface area (TPSA) is 0 Å². The highest BCUT2D eigenvalue weighted by molar-refractivity contribution is 6.04. The maximum atomic E-state index is 4.31. The lowest BCUT2D eigenvalue weighted by molar-refractivity contribution is 1.57. The van der Waals surface area contributed by atoms with Gasteiger partial charge >= 0.3 is 0 Å². The molecule has 3 aromatic carbocycles. The zero-order valence-electron chi connectivity index (χ0n) is 13.7. The molecule has 116 valence electrons. The Labute approximate surface area is 144 Å². The first-order valence-electron chi connectivity index (χ1n) is 8.03. The molecule has 0 bridgehead atoms. The van der Waals surface area contributed by atoms with Gasteiger partial charge in [-0.1, -0.05) is 110 Å². The molecule has 0 heterocycles. The van der Waals surface area contributed by atoms with Crippen LogP contribution in [-0.2, 0) is 0 Å². The lowest BCUT2D eigenvalue weighted by Gasteiger charge is -2.12. The van der Waals surface area contributed by atoms with E-state index in [2.05, 4.69) is 73.8 Å². The molecular formula is C24H20. The monoisotopic (exact) mass is 308 g/mol. The summed E-state index contributed by atoms with van der Waals surface area (Å²) in [6.45, 7) is 8.14. The first-order valence-corrected chi connectivity index (χ1v) is 8.03. The van der Waals surface area contributed by atoms with Crippen LogP contribution in [0.2, 0.25) is 0 Å². The summed E-state index contributed by atoms with van der Waals surface area (Å²) < 4.78 is 0. The van der Waals surface area contributed by atoms with E-state index in [-0.39, 0.29) is 0 Å². The summed E-state index contributed by atoms with van der Waals surface area (Å²) in [4.78, 5) is 0. The van der Waals surface area contributed by atoms with Gasteiger partial charge in [0.1, 0.15) is 0 Å². The molecule has 0 aliphatic rings. The Kier molecular flexibility index (Phi) is 4.88. The Hall–Kier alpha value is -3.12. The quantitative estimate of drug-likeness (QED) is 0.464. The van der Waals surface area contributed by atoms with Crippen molar-refractivity contribution in [3.05, 3.63) is 121 Å². The van der Waals surface area contributed by atoms with E-state index in [0.717, 1.165) is 22.3 Å². The van der Waals surface area contributed by atoms with Crippen LogP contribution < -0.4 is 0 Å². The largest absolute Gasteiger partial charge is 0.0990 e. The Morgan fingerprint density at radius 1 is 0.625 bits per heavy atom. The van der Waals surface area contributed by atoms with Gasteiger partial charge in [-0.3, -0.25) is 0 Å². The molecule has 0 unspecified atom stereocenters. The average Bonchev–Trinajstić information content (AvgIpc) is 2.67. The molecule has 0 amide bonds. The van der Waals surface area contributed by atoms with Crippen molar-refractivity contribution in [1.82, 2.24) is 0 Å². The van der Waals surface area contributed by atoms with E-state index >= 15 is 0 Å². The third-order valence-corrected chi connectivity index (χ3v) is 4.03. The van der Waals surface area contributed by atoms with Crippen LogP contribution in [0.25, 0.3) is 22.3 Å². The van der Waals surface area contributed by atoms with E-state index in [1.165, 1.54) is 11.1 Å². The summed E-state index contributed by atoms with van der Waals surface area (Å²) in [5.74, 6) is 0. The van der Waals surface area contributed by atoms with Gasteiger partial charge in [-0.25, -0.2) is 0 Å². The average molecular weight is 308 g/mol. The van der Waals surface area contributed by atoms with E-state index in [9.17, 15) is 0 Å². The Morgan fingerprint density at radius 3 is 1.75 bits per heavy atom. The lowest BCUT2D eigenvalue weighted by atomic mass is 9.92. The summed E-state index contributed by atoms with van der Waals surface area (Å²) in [5.41, 5.74) is 6.79. The first kappa shape index (κ1) is 15.8. The minimum atomic E-state index is 1.00. The summed E-state index contributed by atoms with van der Waals surface area (Å²) in [7, 11) is 0. The van der Waals surface area contributed by atoms with Gasteiger partial charge in [-0.15, -0.1) is 0 Å². The molecule has 0 aromatic heterocycles. The van der Waals surface area contributed by atoms with E-state index in [1.54, 1.807) is 0 Å². The van der Waals surface area contributed by atoms with E-state index < -0.39 is 0 Å². The molecule has 24 heavy (non-hydrogen) atoms. The number of hydrogen-bond donors (Lipinski definition) is 0. The smallest absolute Gasteiger partial charge is 0.0112 e. The molecule has 0 atom stereocenters. The fourth-order valence-electron chi connectivity index (χ4n) is 2.76.